The fourth-order valence-corrected chi connectivity index (χ4v) is 2.23. The molecule has 1 N–H and O–H groups in total. The maximum absolute atomic E-state index is 11.9. The Hall–Kier alpha value is -2.75. The molecule has 0 aromatic carbocycles. The number of amides is 1. The second-order valence-electron chi connectivity index (χ2n) is 4.98. The molecule has 124 valence electrons. The molecule has 2 rings (SSSR count). The zero-order chi connectivity index (χ0) is 17.0. The summed E-state index contributed by atoms with van der Waals surface area (Å²) in [5.41, 5.74) is 1.33. The maximum Gasteiger partial charge on any atom is 0.312 e. The van der Waals surface area contributed by atoms with E-state index < -0.39 is 4.92 Å². The molecular formula is C13H18N6O4. The first-order valence-corrected chi connectivity index (χ1v) is 6.92. The monoisotopic (exact) mass is 322 g/mol. The SMILES string of the molecule is COCn1cc(NC(=O)CCn2nc(C)c([N+](=O)[O-])c2C)cn1. The molecule has 0 unspecified atom stereocenters. The summed E-state index contributed by atoms with van der Waals surface area (Å²) in [4.78, 5) is 22.4. The van der Waals surface area contributed by atoms with Crippen molar-refractivity contribution in [1.29, 1.82) is 0 Å². The topological polar surface area (TPSA) is 117 Å². The zero-order valence-electron chi connectivity index (χ0n) is 13.1. The smallest absolute Gasteiger partial charge is 0.312 e. The Labute approximate surface area is 132 Å². The lowest BCUT2D eigenvalue weighted by Crippen LogP contribution is -2.15. The quantitative estimate of drug-likeness (QED) is 0.605. The van der Waals surface area contributed by atoms with Crippen LogP contribution in [0.15, 0.2) is 12.4 Å². The standard InChI is InChI=1S/C13H18N6O4/c1-9-13(19(21)22)10(2)18(16-9)5-4-12(20)15-11-6-14-17(7-11)8-23-3/h6-7H,4-5,8H2,1-3H3,(H,15,20). The molecule has 0 fully saturated rings. The van der Waals surface area contributed by atoms with Crippen LogP contribution in [0.2, 0.25) is 0 Å². The summed E-state index contributed by atoms with van der Waals surface area (Å²) in [6, 6.07) is 0. The van der Waals surface area contributed by atoms with Crippen LogP contribution in [0.5, 0.6) is 0 Å². The average molecular weight is 322 g/mol. The Balaban J connectivity index is 1.94. The van der Waals surface area contributed by atoms with E-state index >= 15 is 0 Å². The Morgan fingerprint density at radius 1 is 1.48 bits per heavy atom. The minimum absolute atomic E-state index is 0.00810. The molecule has 10 heteroatoms. The highest BCUT2D eigenvalue weighted by Gasteiger charge is 2.21. The molecule has 0 saturated carbocycles. The van der Waals surface area contributed by atoms with Gasteiger partial charge in [-0.05, 0) is 13.8 Å². The highest BCUT2D eigenvalue weighted by atomic mass is 16.6. The second-order valence-corrected chi connectivity index (χ2v) is 4.98. The van der Waals surface area contributed by atoms with Crippen LogP contribution < -0.4 is 5.32 Å². The van der Waals surface area contributed by atoms with Crippen molar-refractivity contribution in [2.24, 2.45) is 0 Å². The Kier molecular flexibility index (Phi) is 5.06. The van der Waals surface area contributed by atoms with Crippen molar-refractivity contribution in [3.05, 3.63) is 33.9 Å². The highest BCUT2D eigenvalue weighted by Crippen LogP contribution is 2.21. The molecule has 2 aromatic heterocycles. The van der Waals surface area contributed by atoms with Gasteiger partial charge in [0.25, 0.3) is 0 Å². The van der Waals surface area contributed by atoms with Gasteiger partial charge < -0.3 is 10.1 Å². The van der Waals surface area contributed by atoms with E-state index in [9.17, 15) is 14.9 Å². The third-order valence-electron chi connectivity index (χ3n) is 3.25. The van der Waals surface area contributed by atoms with Crippen LogP contribution in [0.1, 0.15) is 17.8 Å². The summed E-state index contributed by atoms with van der Waals surface area (Å²) < 4.78 is 7.93. The van der Waals surface area contributed by atoms with E-state index in [-0.39, 0.29) is 24.6 Å². The molecule has 1 amide bonds. The molecule has 0 atom stereocenters. The van der Waals surface area contributed by atoms with Crippen LogP contribution >= 0.6 is 0 Å². The molecule has 0 aliphatic heterocycles. The summed E-state index contributed by atoms with van der Waals surface area (Å²) in [7, 11) is 1.55. The van der Waals surface area contributed by atoms with E-state index in [1.165, 1.54) is 10.9 Å². The predicted octanol–water partition coefficient (Wildman–Crippen LogP) is 1.24. The Morgan fingerprint density at radius 2 is 2.22 bits per heavy atom. The van der Waals surface area contributed by atoms with Crippen LogP contribution in [0.25, 0.3) is 0 Å². The largest absolute Gasteiger partial charge is 0.362 e. The van der Waals surface area contributed by atoms with Gasteiger partial charge in [0.15, 0.2) is 0 Å². The van der Waals surface area contributed by atoms with Gasteiger partial charge >= 0.3 is 5.69 Å². The van der Waals surface area contributed by atoms with Crippen molar-refractivity contribution >= 4 is 17.3 Å². The average Bonchev–Trinajstić information content (AvgIpc) is 3.01. The van der Waals surface area contributed by atoms with E-state index in [4.69, 9.17) is 4.74 Å². The number of rotatable bonds is 7. The van der Waals surface area contributed by atoms with Crippen molar-refractivity contribution in [1.82, 2.24) is 19.6 Å². The van der Waals surface area contributed by atoms with Gasteiger partial charge in [-0.1, -0.05) is 0 Å². The van der Waals surface area contributed by atoms with Gasteiger partial charge in [0.2, 0.25) is 5.91 Å². The fourth-order valence-electron chi connectivity index (χ4n) is 2.23. The normalized spacial score (nSPS) is 10.7. The number of carbonyl (C=O) groups excluding carboxylic acids is 1. The molecule has 0 aliphatic rings. The molecule has 0 spiro atoms. The molecule has 23 heavy (non-hydrogen) atoms. The molecule has 0 bridgehead atoms. The number of nitrogens with zero attached hydrogens (tertiary/aromatic N) is 5. The first-order chi connectivity index (χ1) is 10.9. The van der Waals surface area contributed by atoms with Gasteiger partial charge in [0.05, 0.1) is 29.5 Å². The Morgan fingerprint density at radius 3 is 2.83 bits per heavy atom. The molecule has 0 saturated heterocycles. The van der Waals surface area contributed by atoms with Crippen LogP contribution in [0.3, 0.4) is 0 Å². The van der Waals surface area contributed by atoms with Crippen molar-refractivity contribution in [3.8, 4) is 0 Å². The lowest BCUT2D eigenvalue weighted by Gasteiger charge is -2.04. The van der Waals surface area contributed by atoms with Crippen LogP contribution in [-0.2, 0) is 22.8 Å². The van der Waals surface area contributed by atoms with Crippen LogP contribution in [-0.4, -0.2) is 37.5 Å². The molecular weight excluding hydrogens is 304 g/mol. The third-order valence-corrected chi connectivity index (χ3v) is 3.25. The van der Waals surface area contributed by atoms with E-state index in [0.717, 1.165) is 0 Å². The first kappa shape index (κ1) is 16.6. The maximum atomic E-state index is 11.9. The fraction of sp³-hybridized carbons (Fsp3) is 0.462. The van der Waals surface area contributed by atoms with Crippen molar-refractivity contribution in [2.75, 3.05) is 12.4 Å². The van der Waals surface area contributed by atoms with E-state index in [1.54, 1.807) is 31.8 Å². The van der Waals surface area contributed by atoms with Gasteiger partial charge in [-0.3, -0.25) is 19.6 Å². The minimum Gasteiger partial charge on any atom is -0.362 e. The highest BCUT2D eigenvalue weighted by molar-refractivity contribution is 5.90. The molecule has 2 aromatic rings. The number of anilines is 1. The van der Waals surface area contributed by atoms with Gasteiger partial charge in [-0.25, -0.2) is 4.68 Å². The number of hydrogen-bond acceptors (Lipinski definition) is 6. The summed E-state index contributed by atoms with van der Waals surface area (Å²) in [5, 5.41) is 21.8. The number of nitro groups is 1. The predicted molar refractivity (Wildman–Crippen MR) is 80.8 cm³/mol. The number of ether oxygens (including phenoxy) is 1. The lowest BCUT2D eigenvalue weighted by molar-refractivity contribution is -0.386. The van der Waals surface area contributed by atoms with Crippen molar-refractivity contribution in [2.45, 2.75) is 33.5 Å². The number of nitrogens with one attached hydrogen (secondary N) is 1. The minimum atomic E-state index is -0.460. The van der Waals surface area contributed by atoms with E-state index in [2.05, 4.69) is 15.5 Å². The van der Waals surface area contributed by atoms with Gasteiger partial charge in [-0.2, -0.15) is 10.2 Å². The van der Waals surface area contributed by atoms with Gasteiger partial charge in [0, 0.05) is 13.5 Å². The molecule has 0 radical (unpaired) electrons. The zero-order valence-corrected chi connectivity index (χ0v) is 13.1. The number of carbonyl (C=O) groups is 1. The Bertz CT molecular complexity index is 720. The van der Waals surface area contributed by atoms with Crippen LogP contribution in [0, 0.1) is 24.0 Å². The van der Waals surface area contributed by atoms with E-state index in [1.807, 2.05) is 0 Å². The van der Waals surface area contributed by atoms with E-state index in [0.29, 0.717) is 23.8 Å². The molecule has 10 nitrogen and oxygen atoms in total. The number of aromatic nitrogens is 4. The summed E-state index contributed by atoms with van der Waals surface area (Å²) >= 11 is 0. The number of methoxy groups -OCH3 is 1. The van der Waals surface area contributed by atoms with Crippen LogP contribution in [0.4, 0.5) is 11.4 Å². The molecule has 0 aliphatic carbocycles. The summed E-state index contributed by atoms with van der Waals surface area (Å²) in [6.45, 7) is 3.75. The van der Waals surface area contributed by atoms with Crippen molar-refractivity contribution in [3.63, 3.8) is 0 Å². The van der Waals surface area contributed by atoms with Gasteiger partial charge in [-0.15, -0.1) is 0 Å². The van der Waals surface area contributed by atoms with Crippen molar-refractivity contribution < 1.29 is 14.5 Å². The molecule has 2 heterocycles. The summed E-state index contributed by atoms with van der Waals surface area (Å²) in [5.74, 6) is -0.225. The lowest BCUT2D eigenvalue weighted by atomic mass is 10.3. The number of hydrogen-bond donors (Lipinski definition) is 1. The van der Waals surface area contributed by atoms with Gasteiger partial charge in [0.1, 0.15) is 18.1 Å². The second kappa shape index (κ2) is 7.01. The third kappa shape index (κ3) is 3.92. The number of aryl methyl sites for hydroxylation is 2. The summed E-state index contributed by atoms with van der Waals surface area (Å²) in [6.07, 6.45) is 3.31. The first-order valence-electron chi connectivity index (χ1n) is 6.92.